The molecule has 2 fully saturated rings. The van der Waals surface area contributed by atoms with Crippen LogP contribution < -0.4 is 14.8 Å². The van der Waals surface area contributed by atoms with E-state index >= 15 is 4.39 Å². The topological polar surface area (TPSA) is 102 Å². The predicted octanol–water partition coefficient (Wildman–Crippen LogP) is 5.86. The van der Waals surface area contributed by atoms with Crippen molar-refractivity contribution >= 4 is 27.5 Å². The first-order valence-corrected chi connectivity index (χ1v) is 14.9. The van der Waals surface area contributed by atoms with Gasteiger partial charge in [-0.3, -0.25) is 4.90 Å². The highest BCUT2D eigenvalue weighted by Gasteiger charge is 2.45. The summed E-state index contributed by atoms with van der Waals surface area (Å²) < 4.78 is 48.8. The minimum atomic E-state index is -0.747. The number of aryl methyl sites for hydroxylation is 1. The van der Waals surface area contributed by atoms with Gasteiger partial charge in [0.2, 0.25) is 5.88 Å². The van der Waals surface area contributed by atoms with Crippen molar-refractivity contribution in [1.82, 2.24) is 19.9 Å². The summed E-state index contributed by atoms with van der Waals surface area (Å²) in [6.45, 7) is 5.37. The van der Waals surface area contributed by atoms with Crippen LogP contribution in [0.5, 0.6) is 17.6 Å². The first kappa shape index (κ1) is 29.3. The van der Waals surface area contributed by atoms with Crippen molar-refractivity contribution in [3.05, 3.63) is 41.5 Å². The van der Waals surface area contributed by atoms with Crippen LogP contribution in [0, 0.1) is 11.6 Å². The number of aromatic nitrogens is 3. The van der Waals surface area contributed by atoms with Gasteiger partial charge in [0, 0.05) is 25.8 Å². The summed E-state index contributed by atoms with van der Waals surface area (Å²) in [5, 5.41) is 15.1. The molecule has 0 spiro atoms. The Morgan fingerprint density at radius 1 is 1.05 bits per heavy atom. The van der Waals surface area contributed by atoms with Gasteiger partial charge < -0.3 is 24.6 Å². The molecule has 0 saturated carbocycles. The van der Waals surface area contributed by atoms with Crippen LogP contribution in [-0.2, 0) is 11.2 Å². The number of phenolic OH excluding ortho intramolecular Hbond substituents is 1. The number of fused-ring (bicyclic) bond motifs is 3. The van der Waals surface area contributed by atoms with Crippen LogP contribution in [0.1, 0.15) is 44.6 Å². The molecule has 0 aliphatic carbocycles. The van der Waals surface area contributed by atoms with E-state index < -0.39 is 11.6 Å². The van der Waals surface area contributed by atoms with Crippen LogP contribution in [0.3, 0.4) is 0 Å². The van der Waals surface area contributed by atoms with Crippen LogP contribution in [0.15, 0.2) is 24.3 Å². The lowest BCUT2D eigenvalue weighted by atomic mass is 9.94. The van der Waals surface area contributed by atoms with Gasteiger partial charge >= 0.3 is 6.01 Å². The molecule has 2 aromatic heterocycles. The van der Waals surface area contributed by atoms with Gasteiger partial charge in [-0.1, -0.05) is 13.0 Å². The second-order valence-electron chi connectivity index (χ2n) is 11.3. The number of hydrogen-bond acceptors (Lipinski definition) is 9. The lowest BCUT2D eigenvalue weighted by molar-refractivity contribution is 0.108. The van der Waals surface area contributed by atoms with E-state index in [0.717, 1.165) is 38.8 Å². The number of phenols is 1. The molecule has 11 heteroatoms. The maximum absolute atomic E-state index is 16.7. The SMILES string of the molecule is CCc1c(F)ccc2cc(O)cc(-c3nc(OC)c4c(NCCCOC)nc(OCC56CCCN5CCC6)nc4c3F)c12. The van der Waals surface area contributed by atoms with Gasteiger partial charge in [0.05, 0.1) is 12.6 Å². The summed E-state index contributed by atoms with van der Waals surface area (Å²) >= 11 is 0. The Hall–Kier alpha value is -3.83. The Morgan fingerprint density at radius 3 is 2.56 bits per heavy atom. The zero-order valence-corrected chi connectivity index (χ0v) is 24.8. The Bertz CT molecular complexity index is 1660. The first-order chi connectivity index (χ1) is 20.9. The lowest BCUT2D eigenvalue weighted by Gasteiger charge is -2.31. The number of hydrogen-bond donors (Lipinski definition) is 2. The van der Waals surface area contributed by atoms with Gasteiger partial charge in [0.15, 0.2) is 5.82 Å². The van der Waals surface area contributed by atoms with Crippen molar-refractivity contribution in [3.8, 4) is 28.9 Å². The third kappa shape index (κ3) is 5.29. The molecule has 0 atom stereocenters. The van der Waals surface area contributed by atoms with Crippen molar-refractivity contribution in [3.63, 3.8) is 0 Å². The predicted molar refractivity (Wildman–Crippen MR) is 161 cm³/mol. The quantitative estimate of drug-likeness (QED) is 0.207. The van der Waals surface area contributed by atoms with Crippen LogP contribution in [-0.4, -0.2) is 77.6 Å². The van der Waals surface area contributed by atoms with E-state index in [1.54, 1.807) is 13.2 Å². The Balaban J connectivity index is 1.52. The smallest absolute Gasteiger partial charge is 0.319 e. The van der Waals surface area contributed by atoms with E-state index in [4.69, 9.17) is 14.2 Å². The molecule has 0 unspecified atom stereocenters. The molecule has 6 rings (SSSR count). The minimum Gasteiger partial charge on any atom is -0.508 e. The van der Waals surface area contributed by atoms with E-state index in [1.165, 1.54) is 25.3 Å². The second-order valence-corrected chi connectivity index (χ2v) is 11.3. The highest BCUT2D eigenvalue weighted by molar-refractivity contribution is 6.03. The van der Waals surface area contributed by atoms with Crippen molar-refractivity contribution in [2.45, 2.75) is 51.0 Å². The number of pyridine rings is 1. The molecule has 9 nitrogen and oxygen atoms in total. The Kier molecular flexibility index (Phi) is 8.19. The molecule has 0 amide bonds. The molecule has 2 aromatic carbocycles. The normalized spacial score (nSPS) is 16.2. The van der Waals surface area contributed by atoms with Gasteiger partial charge in [-0.25, -0.2) is 13.8 Å². The Morgan fingerprint density at radius 2 is 1.84 bits per heavy atom. The average Bonchev–Trinajstić information content (AvgIpc) is 3.59. The molecule has 0 bridgehead atoms. The van der Waals surface area contributed by atoms with Crippen molar-refractivity contribution in [2.24, 2.45) is 0 Å². The summed E-state index contributed by atoms with van der Waals surface area (Å²) in [4.78, 5) is 16.2. The monoisotopic (exact) mass is 593 g/mol. The highest BCUT2D eigenvalue weighted by atomic mass is 19.1. The molecule has 2 N–H and O–H groups in total. The first-order valence-electron chi connectivity index (χ1n) is 14.9. The molecule has 228 valence electrons. The zero-order chi connectivity index (χ0) is 30.1. The molecule has 2 aliphatic heterocycles. The number of nitrogens with zero attached hydrogens (tertiary/aromatic N) is 4. The lowest BCUT2D eigenvalue weighted by Crippen LogP contribution is -2.43. The van der Waals surface area contributed by atoms with E-state index in [9.17, 15) is 9.50 Å². The summed E-state index contributed by atoms with van der Waals surface area (Å²) in [6.07, 6.45) is 5.37. The molecule has 4 heterocycles. The van der Waals surface area contributed by atoms with Crippen LogP contribution in [0.2, 0.25) is 0 Å². The Labute approximate surface area is 249 Å². The number of ether oxygens (including phenoxy) is 3. The minimum absolute atomic E-state index is 0.0424. The summed E-state index contributed by atoms with van der Waals surface area (Å²) in [7, 11) is 3.07. The molecule has 4 aromatic rings. The maximum Gasteiger partial charge on any atom is 0.319 e. The standard InChI is InChI=1S/C32H37F2N5O4/c1-4-21-23(33)9-8-19-16-20(40)17-22(24(19)21)27-26(34)28-25(30(36-27)42-3)29(35-12-7-15-41-2)38-31(37-28)43-18-32-10-5-13-39(32)14-6-11-32/h8-9,16-17,40H,4-7,10-15,18H2,1-3H3,(H,35,37,38). The van der Waals surface area contributed by atoms with E-state index in [0.29, 0.717) is 54.8 Å². The van der Waals surface area contributed by atoms with Crippen LogP contribution in [0.4, 0.5) is 14.6 Å². The fourth-order valence-electron chi connectivity index (χ4n) is 6.75. The van der Waals surface area contributed by atoms with Gasteiger partial charge in [-0.15, -0.1) is 0 Å². The van der Waals surface area contributed by atoms with E-state index in [1.807, 2.05) is 6.92 Å². The number of rotatable bonds is 11. The molecule has 0 radical (unpaired) electrons. The summed E-state index contributed by atoms with van der Waals surface area (Å²) in [5.74, 6) is -0.833. The number of methoxy groups -OCH3 is 2. The number of anilines is 1. The van der Waals surface area contributed by atoms with E-state index in [-0.39, 0.29) is 45.3 Å². The average molecular weight is 594 g/mol. The van der Waals surface area contributed by atoms with Crippen molar-refractivity contribution < 1.29 is 28.1 Å². The number of halogens is 2. The van der Waals surface area contributed by atoms with Crippen molar-refractivity contribution in [1.29, 1.82) is 0 Å². The largest absolute Gasteiger partial charge is 0.508 e. The third-order valence-electron chi connectivity index (χ3n) is 8.79. The highest BCUT2D eigenvalue weighted by Crippen LogP contribution is 2.42. The van der Waals surface area contributed by atoms with Gasteiger partial charge in [-0.05, 0) is 86.1 Å². The third-order valence-corrected chi connectivity index (χ3v) is 8.79. The molecule has 43 heavy (non-hydrogen) atoms. The van der Waals surface area contributed by atoms with Gasteiger partial charge in [-0.2, -0.15) is 9.97 Å². The number of aromatic hydroxyl groups is 1. The molecule has 2 aliphatic rings. The zero-order valence-electron chi connectivity index (χ0n) is 24.8. The van der Waals surface area contributed by atoms with Crippen molar-refractivity contribution in [2.75, 3.05) is 52.4 Å². The summed E-state index contributed by atoms with van der Waals surface area (Å²) in [5.41, 5.74) is 0.435. The van der Waals surface area contributed by atoms with Crippen LogP contribution in [0.25, 0.3) is 32.9 Å². The molecular weight excluding hydrogens is 556 g/mol. The molecule has 2 saturated heterocycles. The fraction of sp³-hybridized carbons (Fsp3) is 0.469. The van der Waals surface area contributed by atoms with E-state index in [2.05, 4.69) is 25.2 Å². The second kappa shape index (κ2) is 12.0. The number of nitrogens with one attached hydrogen (secondary N) is 1. The van der Waals surface area contributed by atoms with Crippen LogP contribution >= 0.6 is 0 Å². The fourth-order valence-corrected chi connectivity index (χ4v) is 6.75. The summed E-state index contributed by atoms with van der Waals surface area (Å²) in [6, 6.07) is 5.89. The van der Waals surface area contributed by atoms with Gasteiger partial charge in [0.1, 0.15) is 40.6 Å². The molecular formula is C32H37F2N5O4. The number of benzene rings is 2. The maximum atomic E-state index is 16.7. The van der Waals surface area contributed by atoms with Gasteiger partial charge in [0.25, 0.3) is 0 Å².